The van der Waals surface area contributed by atoms with E-state index in [0.29, 0.717) is 6.42 Å². The maximum Gasteiger partial charge on any atom is 0.315 e. The molecular formula is C12H12O3. The van der Waals surface area contributed by atoms with E-state index in [1.807, 2.05) is 24.3 Å². The molecule has 0 atom stereocenters. The van der Waals surface area contributed by atoms with Crippen LogP contribution >= 0.6 is 0 Å². The van der Waals surface area contributed by atoms with Gasteiger partial charge < -0.3 is 10.2 Å². The van der Waals surface area contributed by atoms with Crippen molar-refractivity contribution >= 4 is 5.97 Å². The van der Waals surface area contributed by atoms with Gasteiger partial charge in [0.15, 0.2) is 0 Å². The van der Waals surface area contributed by atoms with Crippen molar-refractivity contribution in [1.82, 2.24) is 0 Å². The predicted molar refractivity (Wildman–Crippen MR) is 56.4 cm³/mol. The van der Waals surface area contributed by atoms with Gasteiger partial charge >= 0.3 is 5.97 Å². The molecule has 2 N–H and O–H groups in total. The number of aliphatic hydroxyl groups is 1. The standard InChI is InChI=1S/C12H12O3/c13-9-8-11-6-4-10(5-7-11)2-1-3-12(14)15/h4-7,13H,3,8-9H2,(H,14,15). The molecule has 0 unspecified atom stereocenters. The summed E-state index contributed by atoms with van der Waals surface area (Å²) < 4.78 is 0. The molecule has 0 bridgehead atoms. The van der Waals surface area contributed by atoms with Crippen molar-refractivity contribution in [2.45, 2.75) is 12.8 Å². The van der Waals surface area contributed by atoms with E-state index in [9.17, 15) is 4.79 Å². The highest BCUT2D eigenvalue weighted by molar-refractivity contribution is 5.70. The topological polar surface area (TPSA) is 57.5 Å². The second-order valence-corrected chi connectivity index (χ2v) is 3.04. The first-order valence-corrected chi connectivity index (χ1v) is 4.63. The van der Waals surface area contributed by atoms with Crippen LogP contribution in [0.5, 0.6) is 0 Å². The lowest BCUT2D eigenvalue weighted by molar-refractivity contribution is -0.135. The average molecular weight is 204 g/mol. The molecule has 0 saturated carbocycles. The van der Waals surface area contributed by atoms with Crippen LogP contribution in [0.3, 0.4) is 0 Å². The number of rotatable bonds is 3. The fourth-order valence-corrected chi connectivity index (χ4v) is 1.11. The minimum absolute atomic E-state index is 0.129. The van der Waals surface area contributed by atoms with Crippen LogP contribution in [0, 0.1) is 11.8 Å². The number of carboxylic acids is 1. The summed E-state index contributed by atoms with van der Waals surface area (Å²) in [6, 6.07) is 7.39. The van der Waals surface area contributed by atoms with Gasteiger partial charge in [-0.2, -0.15) is 0 Å². The molecule has 3 nitrogen and oxygen atoms in total. The zero-order valence-corrected chi connectivity index (χ0v) is 8.23. The van der Waals surface area contributed by atoms with Gasteiger partial charge in [-0.15, -0.1) is 0 Å². The first-order chi connectivity index (χ1) is 7.22. The third-order valence-electron chi connectivity index (χ3n) is 1.83. The van der Waals surface area contributed by atoms with Crippen LogP contribution in [-0.2, 0) is 11.2 Å². The van der Waals surface area contributed by atoms with E-state index in [4.69, 9.17) is 10.2 Å². The normalized spacial score (nSPS) is 9.13. The van der Waals surface area contributed by atoms with E-state index in [1.54, 1.807) is 0 Å². The van der Waals surface area contributed by atoms with Crippen LogP contribution in [0.15, 0.2) is 24.3 Å². The SMILES string of the molecule is O=C(O)CC#Cc1ccc(CCO)cc1. The van der Waals surface area contributed by atoms with Crippen molar-refractivity contribution in [3.8, 4) is 11.8 Å². The third kappa shape index (κ3) is 4.30. The van der Waals surface area contributed by atoms with Crippen LogP contribution in [0.1, 0.15) is 17.5 Å². The van der Waals surface area contributed by atoms with Crippen LogP contribution in [-0.4, -0.2) is 22.8 Å². The van der Waals surface area contributed by atoms with Crippen LogP contribution in [0.25, 0.3) is 0 Å². The lowest BCUT2D eigenvalue weighted by atomic mass is 10.1. The molecule has 1 aromatic rings. The maximum absolute atomic E-state index is 10.2. The number of hydrogen-bond donors (Lipinski definition) is 2. The molecule has 15 heavy (non-hydrogen) atoms. The summed E-state index contributed by atoms with van der Waals surface area (Å²) in [5.41, 5.74) is 1.83. The van der Waals surface area contributed by atoms with E-state index in [0.717, 1.165) is 11.1 Å². The molecule has 0 aliphatic rings. The minimum atomic E-state index is -0.917. The number of carbonyl (C=O) groups is 1. The number of benzene rings is 1. The van der Waals surface area contributed by atoms with E-state index in [1.165, 1.54) is 0 Å². The Hall–Kier alpha value is -1.79. The monoisotopic (exact) mass is 204 g/mol. The Morgan fingerprint density at radius 1 is 1.27 bits per heavy atom. The van der Waals surface area contributed by atoms with Gasteiger partial charge in [-0.1, -0.05) is 24.0 Å². The Morgan fingerprint density at radius 2 is 1.93 bits per heavy atom. The Balaban J connectivity index is 2.62. The molecule has 0 radical (unpaired) electrons. The summed E-state index contributed by atoms with van der Waals surface area (Å²) in [4.78, 5) is 10.2. The molecule has 0 fully saturated rings. The van der Waals surface area contributed by atoms with Crippen molar-refractivity contribution in [3.63, 3.8) is 0 Å². The summed E-state index contributed by atoms with van der Waals surface area (Å²) in [6.45, 7) is 0.129. The molecule has 0 amide bonds. The van der Waals surface area contributed by atoms with Crippen molar-refractivity contribution in [3.05, 3.63) is 35.4 Å². The lowest BCUT2D eigenvalue weighted by Crippen LogP contribution is -1.91. The molecule has 1 rings (SSSR count). The summed E-state index contributed by atoms with van der Waals surface area (Å²) in [5, 5.41) is 17.1. The smallest absolute Gasteiger partial charge is 0.315 e. The molecule has 0 saturated heterocycles. The zero-order valence-electron chi connectivity index (χ0n) is 8.23. The molecule has 0 spiro atoms. The number of aliphatic carboxylic acids is 1. The molecule has 78 valence electrons. The molecule has 0 aliphatic carbocycles. The van der Waals surface area contributed by atoms with Crippen LogP contribution in [0.2, 0.25) is 0 Å². The van der Waals surface area contributed by atoms with E-state index >= 15 is 0 Å². The first-order valence-electron chi connectivity index (χ1n) is 4.63. The summed E-state index contributed by atoms with van der Waals surface area (Å²) >= 11 is 0. The number of aliphatic hydroxyl groups excluding tert-OH is 1. The van der Waals surface area contributed by atoms with Gasteiger partial charge in [-0.3, -0.25) is 4.79 Å². The summed E-state index contributed by atoms with van der Waals surface area (Å²) in [5.74, 6) is 4.39. The van der Waals surface area contributed by atoms with E-state index in [-0.39, 0.29) is 13.0 Å². The second-order valence-electron chi connectivity index (χ2n) is 3.04. The summed E-state index contributed by atoms with van der Waals surface area (Å²) in [7, 11) is 0. The van der Waals surface area contributed by atoms with Gasteiger partial charge in [0.05, 0.1) is 0 Å². The molecule has 3 heteroatoms. The van der Waals surface area contributed by atoms with Crippen LogP contribution < -0.4 is 0 Å². The Kier molecular flexibility index (Phi) is 4.39. The lowest BCUT2D eigenvalue weighted by Gasteiger charge is -1.96. The van der Waals surface area contributed by atoms with Gasteiger partial charge in [0.1, 0.15) is 6.42 Å². The average Bonchev–Trinajstić information content (AvgIpc) is 2.20. The highest BCUT2D eigenvalue weighted by Crippen LogP contribution is 2.03. The molecular weight excluding hydrogens is 192 g/mol. The quantitative estimate of drug-likeness (QED) is 0.723. The van der Waals surface area contributed by atoms with Crippen molar-refractivity contribution in [2.24, 2.45) is 0 Å². The van der Waals surface area contributed by atoms with E-state index < -0.39 is 5.97 Å². The van der Waals surface area contributed by atoms with Crippen molar-refractivity contribution in [1.29, 1.82) is 0 Å². The van der Waals surface area contributed by atoms with Gasteiger partial charge in [-0.05, 0) is 24.1 Å². The van der Waals surface area contributed by atoms with Gasteiger partial charge in [0.25, 0.3) is 0 Å². The Labute approximate surface area is 88.4 Å². The molecule has 1 aromatic carbocycles. The van der Waals surface area contributed by atoms with E-state index in [2.05, 4.69) is 11.8 Å². The third-order valence-corrected chi connectivity index (χ3v) is 1.83. The second kappa shape index (κ2) is 5.84. The predicted octanol–water partition coefficient (Wildman–Crippen LogP) is 1.05. The fraction of sp³-hybridized carbons (Fsp3) is 0.250. The maximum atomic E-state index is 10.2. The highest BCUT2D eigenvalue weighted by Gasteiger charge is 1.92. The Bertz CT molecular complexity index is 382. The highest BCUT2D eigenvalue weighted by atomic mass is 16.4. The largest absolute Gasteiger partial charge is 0.481 e. The van der Waals surface area contributed by atoms with Crippen molar-refractivity contribution < 1.29 is 15.0 Å². The fourth-order valence-electron chi connectivity index (χ4n) is 1.11. The number of carboxylic acid groups (broad SMARTS) is 1. The number of hydrogen-bond acceptors (Lipinski definition) is 2. The van der Waals surface area contributed by atoms with Gasteiger partial charge in [0, 0.05) is 12.2 Å². The molecule has 0 aliphatic heterocycles. The first kappa shape index (κ1) is 11.3. The van der Waals surface area contributed by atoms with Gasteiger partial charge in [0.2, 0.25) is 0 Å². The van der Waals surface area contributed by atoms with Crippen LogP contribution in [0.4, 0.5) is 0 Å². The molecule has 0 aromatic heterocycles. The van der Waals surface area contributed by atoms with Crippen molar-refractivity contribution in [2.75, 3.05) is 6.61 Å². The molecule has 0 heterocycles. The zero-order chi connectivity index (χ0) is 11.1. The Morgan fingerprint density at radius 3 is 2.47 bits per heavy atom. The van der Waals surface area contributed by atoms with Gasteiger partial charge in [-0.25, -0.2) is 0 Å². The summed E-state index contributed by atoms with van der Waals surface area (Å²) in [6.07, 6.45) is 0.487. The minimum Gasteiger partial charge on any atom is -0.481 e.